The maximum Gasteiger partial charge on any atom is 0.257 e. The highest BCUT2D eigenvalue weighted by molar-refractivity contribution is 6.37. The largest absolute Gasteiger partial charge is 0.545 e. The molecule has 4 aromatic carbocycles. The van der Waals surface area contributed by atoms with Crippen molar-refractivity contribution in [2.75, 3.05) is 5.32 Å². The van der Waals surface area contributed by atoms with Crippen LogP contribution in [-0.4, -0.2) is 11.9 Å². The normalized spacial score (nSPS) is 10.6. The van der Waals surface area contributed by atoms with E-state index in [1.54, 1.807) is 6.07 Å². The summed E-state index contributed by atoms with van der Waals surface area (Å²) in [6.07, 6.45) is 0. The Kier molecular flexibility index (Phi) is 6.26. The highest BCUT2D eigenvalue weighted by Crippen LogP contribution is 2.30. The van der Waals surface area contributed by atoms with Gasteiger partial charge in [0.05, 0.1) is 22.2 Å². The number of amides is 1. The van der Waals surface area contributed by atoms with E-state index in [4.69, 9.17) is 23.2 Å². The second-order valence-corrected chi connectivity index (χ2v) is 7.92. The Labute approximate surface area is 195 Å². The molecule has 32 heavy (non-hydrogen) atoms. The standard InChI is InChI=1S/C26H17Cl2NO3/c27-20-10-11-21(23(28)15-20)25(30)29-24-12-9-19(14-22(24)26(31)32)18-8-4-7-17(13-18)16-5-2-1-3-6-16/h1-15H,(H,29,30)(H,31,32)/p-1. The van der Waals surface area contributed by atoms with Gasteiger partial charge in [0.2, 0.25) is 0 Å². The molecular formula is C26H16Cl2NO3-. The van der Waals surface area contributed by atoms with Gasteiger partial charge in [-0.3, -0.25) is 4.79 Å². The Morgan fingerprint density at radius 2 is 1.31 bits per heavy atom. The third-order valence-corrected chi connectivity index (χ3v) is 5.51. The minimum atomic E-state index is -1.40. The van der Waals surface area contributed by atoms with Gasteiger partial charge >= 0.3 is 0 Å². The molecular weight excluding hydrogens is 445 g/mol. The van der Waals surface area contributed by atoms with Crippen LogP contribution in [0, 0.1) is 0 Å². The first-order valence-electron chi connectivity index (χ1n) is 9.70. The lowest BCUT2D eigenvalue weighted by molar-refractivity contribution is -0.254. The van der Waals surface area contributed by atoms with Gasteiger partial charge in [0, 0.05) is 10.6 Å². The zero-order valence-corrected chi connectivity index (χ0v) is 18.2. The van der Waals surface area contributed by atoms with E-state index in [-0.39, 0.29) is 21.8 Å². The number of rotatable bonds is 5. The molecule has 0 spiro atoms. The smallest absolute Gasteiger partial charge is 0.257 e. The minimum absolute atomic E-state index is 0.115. The zero-order valence-electron chi connectivity index (χ0n) is 16.6. The van der Waals surface area contributed by atoms with Crippen molar-refractivity contribution < 1.29 is 14.7 Å². The fraction of sp³-hybridized carbons (Fsp3) is 0. The maximum absolute atomic E-state index is 12.6. The number of halogens is 2. The fourth-order valence-electron chi connectivity index (χ4n) is 3.37. The lowest BCUT2D eigenvalue weighted by Crippen LogP contribution is -2.25. The predicted molar refractivity (Wildman–Crippen MR) is 126 cm³/mol. The number of carbonyl (C=O) groups excluding carboxylic acids is 2. The van der Waals surface area contributed by atoms with E-state index in [1.807, 2.05) is 54.6 Å². The lowest BCUT2D eigenvalue weighted by atomic mass is 9.97. The molecule has 0 aliphatic rings. The van der Waals surface area contributed by atoms with Gasteiger partial charge in [-0.1, -0.05) is 77.8 Å². The lowest BCUT2D eigenvalue weighted by Gasteiger charge is -2.15. The van der Waals surface area contributed by atoms with Gasteiger partial charge in [-0.15, -0.1) is 0 Å². The molecule has 0 atom stereocenters. The first-order valence-corrected chi connectivity index (χ1v) is 10.5. The van der Waals surface area contributed by atoms with E-state index in [9.17, 15) is 14.7 Å². The SMILES string of the molecule is O=C(Nc1ccc(-c2cccc(-c3ccccc3)c2)cc1C(=O)[O-])c1ccc(Cl)cc1Cl. The quantitative estimate of drug-likeness (QED) is 0.400. The molecule has 0 aliphatic heterocycles. The molecule has 1 N–H and O–H groups in total. The van der Waals surface area contributed by atoms with Crippen LogP contribution in [0.15, 0.2) is 91.0 Å². The Hall–Kier alpha value is -3.60. The van der Waals surface area contributed by atoms with E-state index in [1.165, 1.54) is 30.3 Å². The van der Waals surface area contributed by atoms with Crippen LogP contribution < -0.4 is 10.4 Å². The molecule has 4 nitrogen and oxygen atoms in total. The Morgan fingerprint density at radius 3 is 2.00 bits per heavy atom. The molecule has 4 rings (SSSR count). The fourth-order valence-corrected chi connectivity index (χ4v) is 3.87. The average Bonchev–Trinajstić information content (AvgIpc) is 2.79. The van der Waals surface area contributed by atoms with E-state index >= 15 is 0 Å². The van der Waals surface area contributed by atoms with Crippen molar-refractivity contribution in [3.63, 3.8) is 0 Å². The molecule has 0 saturated carbocycles. The summed E-state index contributed by atoms with van der Waals surface area (Å²) in [7, 11) is 0. The summed E-state index contributed by atoms with van der Waals surface area (Å²) >= 11 is 12.0. The van der Waals surface area contributed by atoms with E-state index in [0.29, 0.717) is 10.6 Å². The zero-order chi connectivity index (χ0) is 22.7. The predicted octanol–water partition coefficient (Wildman–Crippen LogP) is 5.94. The number of carbonyl (C=O) groups is 2. The van der Waals surface area contributed by atoms with Crippen LogP contribution in [0.1, 0.15) is 20.7 Å². The summed E-state index contributed by atoms with van der Waals surface area (Å²) in [6.45, 7) is 0. The molecule has 0 aromatic heterocycles. The Bertz CT molecular complexity index is 1320. The summed E-state index contributed by atoms with van der Waals surface area (Å²) in [5.74, 6) is -1.95. The van der Waals surface area contributed by atoms with Gasteiger partial charge in [0.15, 0.2) is 0 Å². The van der Waals surface area contributed by atoms with Crippen molar-refractivity contribution in [2.24, 2.45) is 0 Å². The number of hydrogen-bond donors (Lipinski definition) is 1. The molecule has 0 aliphatic carbocycles. The molecule has 0 saturated heterocycles. The van der Waals surface area contributed by atoms with Crippen LogP contribution in [0.3, 0.4) is 0 Å². The summed E-state index contributed by atoms with van der Waals surface area (Å²) in [6, 6.07) is 26.9. The first kappa shape index (κ1) is 21.6. The van der Waals surface area contributed by atoms with Crippen molar-refractivity contribution in [3.05, 3.63) is 112 Å². The molecule has 0 radical (unpaired) electrons. The van der Waals surface area contributed by atoms with Gasteiger partial charge in [0.25, 0.3) is 5.91 Å². The monoisotopic (exact) mass is 460 g/mol. The number of anilines is 1. The summed E-state index contributed by atoms with van der Waals surface area (Å²) < 4.78 is 0. The van der Waals surface area contributed by atoms with Crippen molar-refractivity contribution in [2.45, 2.75) is 0 Å². The number of benzene rings is 4. The van der Waals surface area contributed by atoms with Gasteiger partial charge in [-0.05, 0) is 58.7 Å². The van der Waals surface area contributed by atoms with Crippen LogP contribution in [0.5, 0.6) is 0 Å². The van der Waals surface area contributed by atoms with Gasteiger partial charge in [0.1, 0.15) is 0 Å². The highest BCUT2D eigenvalue weighted by Gasteiger charge is 2.14. The molecule has 158 valence electrons. The van der Waals surface area contributed by atoms with Crippen LogP contribution in [0.2, 0.25) is 10.0 Å². The van der Waals surface area contributed by atoms with E-state index in [0.717, 1.165) is 16.7 Å². The summed E-state index contributed by atoms with van der Waals surface area (Å²) in [5, 5.41) is 15.0. The molecule has 0 fully saturated rings. The molecule has 4 aromatic rings. The van der Waals surface area contributed by atoms with Crippen LogP contribution in [0.4, 0.5) is 5.69 Å². The second kappa shape index (κ2) is 9.27. The number of aromatic carboxylic acids is 1. The minimum Gasteiger partial charge on any atom is -0.545 e. The van der Waals surface area contributed by atoms with Crippen molar-refractivity contribution in [1.82, 2.24) is 0 Å². The highest BCUT2D eigenvalue weighted by atomic mass is 35.5. The third-order valence-electron chi connectivity index (χ3n) is 4.97. The molecule has 0 bridgehead atoms. The van der Waals surface area contributed by atoms with Crippen molar-refractivity contribution in [1.29, 1.82) is 0 Å². The van der Waals surface area contributed by atoms with E-state index in [2.05, 4.69) is 5.32 Å². The van der Waals surface area contributed by atoms with Crippen molar-refractivity contribution >= 4 is 40.8 Å². The number of carboxylic acid groups (broad SMARTS) is 1. The van der Waals surface area contributed by atoms with E-state index < -0.39 is 11.9 Å². The summed E-state index contributed by atoms with van der Waals surface area (Å²) in [5.41, 5.74) is 3.75. The van der Waals surface area contributed by atoms with Gasteiger partial charge in [-0.25, -0.2) is 0 Å². The average molecular weight is 461 g/mol. The third kappa shape index (κ3) is 4.67. The number of nitrogens with one attached hydrogen (secondary N) is 1. The topological polar surface area (TPSA) is 69.2 Å². The Morgan fingerprint density at radius 1 is 0.656 bits per heavy atom. The maximum atomic E-state index is 12.6. The first-order chi connectivity index (χ1) is 15.4. The Balaban J connectivity index is 1.67. The molecule has 1 amide bonds. The molecule has 0 heterocycles. The number of carboxylic acids is 1. The van der Waals surface area contributed by atoms with Crippen LogP contribution in [0.25, 0.3) is 22.3 Å². The second-order valence-electron chi connectivity index (χ2n) is 7.07. The van der Waals surface area contributed by atoms with Crippen molar-refractivity contribution in [3.8, 4) is 22.3 Å². The summed E-state index contributed by atoms with van der Waals surface area (Å²) in [4.78, 5) is 24.4. The molecule has 0 unspecified atom stereocenters. The van der Waals surface area contributed by atoms with Gasteiger partial charge < -0.3 is 15.2 Å². The van der Waals surface area contributed by atoms with Crippen LogP contribution >= 0.6 is 23.2 Å². The van der Waals surface area contributed by atoms with Gasteiger partial charge in [-0.2, -0.15) is 0 Å². The number of hydrogen-bond acceptors (Lipinski definition) is 3. The molecule has 6 heteroatoms. The van der Waals surface area contributed by atoms with Crippen LogP contribution in [-0.2, 0) is 0 Å².